The lowest BCUT2D eigenvalue weighted by atomic mass is 10.2. The smallest absolute Gasteiger partial charge is 0.267 e. The number of methoxy groups -OCH3 is 1. The number of halogens is 1. The van der Waals surface area contributed by atoms with Gasteiger partial charge in [-0.3, -0.25) is 4.79 Å². The molecule has 1 heterocycles. The van der Waals surface area contributed by atoms with Crippen LogP contribution in [0.15, 0.2) is 30.0 Å². The van der Waals surface area contributed by atoms with Gasteiger partial charge in [0.25, 0.3) is 5.91 Å². The predicted molar refractivity (Wildman–Crippen MR) is 99.8 cm³/mol. The zero-order valence-corrected chi connectivity index (χ0v) is 16.1. The predicted octanol–water partition coefficient (Wildman–Crippen LogP) is 2.20. The number of nitriles is 1. The summed E-state index contributed by atoms with van der Waals surface area (Å²) in [6.45, 7) is 2.33. The molecule has 1 saturated heterocycles. The molecule has 1 atom stereocenters. The van der Waals surface area contributed by atoms with Crippen molar-refractivity contribution in [2.75, 3.05) is 30.5 Å². The van der Waals surface area contributed by atoms with E-state index in [9.17, 15) is 18.5 Å². The first-order chi connectivity index (χ1) is 12.3. The summed E-state index contributed by atoms with van der Waals surface area (Å²) >= 11 is 5.94. The van der Waals surface area contributed by atoms with Crippen molar-refractivity contribution in [3.8, 4) is 11.8 Å². The van der Waals surface area contributed by atoms with Gasteiger partial charge in [0.1, 0.15) is 17.4 Å². The molecule has 26 heavy (non-hydrogen) atoms. The second kappa shape index (κ2) is 8.43. The minimum Gasteiger partial charge on any atom is -0.495 e. The highest BCUT2D eigenvalue weighted by Gasteiger charge is 2.31. The molecule has 0 radical (unpaired) electrons. The number of nitrogens with one attached hydrogen (secondary N) is 1. The van der Waals surface area contributed by atoms with Crippen LogP contribution in [0.3, 0.4) is 0 Å². The van der Waals surface area contributed by atoms with Gasteiger partial charge < -0.3 is 15.0 Å². The topological polar surface area (TPSA) is 99.5 Å². The summed E-state index contributed by atoms with van der Waals surface area (Å²) in [5.74, 6) is -0.0584. The van der Waals surface area contributed by atoms with Crippen molar-refractivity contribution in [3.05, 3.63) is 35.0 Å². The fourth-order valence-electron chi connectivity index (χ4n) is 2.76. The van der Waals surface area contributed by atoms with Gasteiger partial charge in [-0.15, -0.1) is 0 Å². The van der Waals surface area contributed by atoms with E-state index in [1.165, 1.54) is 19.4 Å². The SMILES string of the molecule is CCN(/C=C(/C#N)C(=O)Nc1cc(Cl)ccc1OC)C1CCS(=O)(=O)C1. The van der Waals surface area contributed by atoms with E-state index in [0.29, 0.717) is 29.4 Å². The Morgan fingerprint density at radius 2 is 2.27 bits per heavy atom. The number of rotatable bonds is 6. The van der Waals surface area contributed by atoms with Crippen LogP contribution in [0.5, 0.6) is 5.75 Å². The van der Waals surface area contributed by atoms with Crippen LogP contribution in [-0.4, -0.2) is 50.4 Å². The molecule has 1 aromatic carbocycles. The van der Waals surface area contributed by atoms with Gasteiger partial charge in [-0.05, 0) is 31.5 Å². The minimum absolute atomic E-state index is 0.0276. The van der Waals surface area contributed by atoms with E-state index in [2.05, 4.69) is 5.32 Å². The molecular weight excluding hydrogens is 378 g/mol. The molecule has 1 aliphatic heterocycles. The Morgan fingerprint density at radius 1 is 1.54 bits per heavy atom. The van der Waals surface area contributed by atoms with Crippen molar-refractivity contribution >= 4 is 33.0 Å². The fraction of sp³-hybridized carbons (Fsp3) is 0.412. The highest BCUT2D eigenvalue weighted by Crippen LogP contribution is 2.28. The van der Waals surface area contributed by atoms with Gasteiger partial charge >= 0.3 is 0 Å². The van der Waals surface area contributed by atoms with Crippen molar-refractivity contribution in [1.82, 2.24) is 4.90 Å². The lowest BCUT2D eigenvalue weighted by molar-refractivity contribution is -0.112. The third-order valence-electron chi connectivity index (χ3n) is 4.11. The van der Waals surface area contributed by atoms with E-state index in [0.717, 1.165) is 0 Å². The molecule has 1 aromatic rings. The lowest BCUT2D eigenvalue weighted by Crippen LogP contribution is -2.32. The Bertz CT molecular complexity index is 861. The molecule has 1 amide bonds. The number of sulfone groups is 1. The Balaban J connectivity index is 2.21. The van der Waals surface area contributed by atoms with Gasteiger partial charge in [-0.1, -0.05) is 11.6 Å². The maximum Gasteiger partial charge on any atom is 0.267 e. The number of carbonyl (C=O) groups is 1. The van der Waals surface area contributed by atoms with Crippen LogP contribution in [0.1, 0.15) is 13.3 Å². The number of hydrogen-bond donors (Lipinski definition) is 1. The number of benzene rings is 1. The van der Waals surface area contributed by atoms with Crippen molar-refractivity contribution in [1.29, 1.82) is 5.26 Å². The van der Waals surface area contributed by atoms with Gasteiger partial charge in [0.2, 0.25) is 0 Å². The average Bonchev–Trinajstić information content (AvgIpc) is 2.96. The maximum atomic E-state index is 12.5. The van der Waals surface area contributed by atoms with E-state index in [1.807, 2.05) is 13.0 Å². The van der Waals surface area contributed by atoms with Crippen LogP contribution in [0.4, 0.5) is 5.69 Å². The van der Waals surface area contributed by atoms with Gasteiger partial charge in [0.05, 0.1) is 24.3 Å². The molecular formula is C17H20ClN3O4S. The summed E-state index contributed by atoms with van der Waals surface area (Å²) < 4.78 is 28.5. The normalized spacial score (nSPS) is 18.8. The first-order valence-corrected chi connectivity index (χ1v) is 10.2. The van der Waals surface area contributed by atoms with Crippen LogP contribution < -0.4 is 10.1 Å². The molecule has 1 unspecified atom stereocenters. The molecule has 0 aromatic heterocycles. The number of anilines is 1. The van der Waals surface area contributed by atoms with Crippen molar-refractivity contribution < 1.29 is 17.9 Å². The van der Waals surface area contributed by atoms with Crippen LogP contribution in [0, 0.1) is 11.3 Å². The Morgan fingerprint density at radius 3 is 2.81 bits per heavy atom. The van der Waals surface area contributed by atoms with E-state index in [1.54, 1.807) is 17.0 Å². The standard InChI is InChI=1S/C17H20ClN3O4S/c1-3-21(14-6-7-26(23,24)11-14)10-12(9-19)17(22)20-15-8-13(18)4-5-16(15)25-2/h4-5,8,10,14H,3,6-7,11H2,1-2H3,(H,20,22)/b12-10-. The first-order valence-electron chi connectivity index (χ1n) is 8.02. The average molecular weight is 398 g/mol. The van der Waals surface area contributed by atoms with E-state index in [4.69, 9.17) is 16.3 Å². The molecule has 1 fully saturated rings. The third-order valence-corrected chi connectivity index (χ3v) is 6.10. The van der Waals surface area contributed by atoms with Crippen LogP contribution in [0.2, 0.25) is 5.02 Å². The van der Waals surface area contributed by atoms with Gasteiger partial charge in [-0.25, -0.2) is 8.42 Å². The Hall–Kier alpha value is -2.24. The first kappa shape index (κ1) is 20.1. The molecule has 1 aliphatic rings. The van der Waals surface area contributed by atoms with Crippen LogP contribution in [0.25, 0.3) is 0 Å². The molecule has 9 heteroatoms. The summed E-state index contributed by atoms with van der Waals surface area (Å²) in [5.41, 5.74) is 0.218. The largest absolute Gasteiger partial charge is 0.495 e. The number of amides is 1. The second-order valence-corrected chi connectivity index (χ2v) is 8.51. The highest BCUT2D eigenvalue weighted by molar-refractivity contribution is 7.91. The Kier molecular flexibility index (Phi) is 6.51. The third kappa shape index (κ3) is 4.90. The zero-order valence-electron chi connectivity index (χ0n) is 14.5. The maximum absolute atomic E-state index is 12.5. The molecule has 0 spiro atoms. The van der Waals surface area contributed by atoms with Gasteiger partial charge in [0, 0.05) is 23.8 Å². The molecule has 1 N–H and O–H groups in total. The molecule has 2 rings (SSSR count). The summed E-state index contributed by atoms with van der Waals surface area (Å²) in [5, 5.41) is 12.4. The van der Waals surface area contributed by atoms with Gasteiger partial charge in [0.15, 0.2) is 9.84 Å². The number of nitrogens with zero attached hydrogens (tertiary/aromatic N) is 2. The van der Waals surface area contributed by atoms with E-state index in [-0.39, 0.29) is 23.1 Å². The summed E-state index contributed by atoms with van der Waals surface area (Å²) in [4.78, 5) is 14.2. The lowest BCUT2D eigenvalue weighted by Gasteiger charge is -2.25. The van der Waals surface area contributed by atoms with Crippen molar-refractivity contribution in [2.24, 2.45) is 0 Å². The fourth-order valence-corrected chi connectivity index (χ4v) is 4.68. The van der Waals surface area contributed by atoms with Gasteiger partial charge in [-0.2, -0.15) is 5.26 Å². The molecule has 0 aliphatic carbocycles. The monoisotopic (exact) mass is 397 g/mol. The van der Waals surface area contributed by atoms with E-state index < -0.39 is 15.7 Å². The summed E-state index contributed by atoms with van der Waals surface area (Å²) in [6.07, 6.45) is 1.90. The molecule has 7 nitrogen and oxygen atoms in total. The summed E-state index contributed by atoms with van der Waals surface area (Å²) in [6, 6.07) is 6.38. The minimum atomic E-state index is -3.06. The summed E-state index contributed by atoms with van der Waals surface area (Å²) in [7, 11) is -1.60. The van der Waals surface area contributed by atoms with Crippen molar-refractivity contribution in [2.45, 2.75) is 19.4 Å². The second-order valence-electron chi connectivity index (χ2n) is 5.84. The number of hydrogen-bond acceptors (Lipinski definition) is 6. The molecule has 140 valence electrons. The quantitative estimate of drug-likeness (QED) is 0.583. The zero-order chi connectivity index (χ0) is 19.3. The number of carbonyl (C=O) groups excluding carboxylic acids is 1. The van der Waals surface area contributed by atoms with Crippen LogP contribution in [-0.2, 0) is 14.6 Å². The Labute approximate surface area is 158 Å². The highest BCUT2D eigenvalue weighted by atomic mass is 35.5. The molecule has 0 bridgehead atoms. The molecule has 0 saturated carbocycles. The number of ether oxygens (including phenoxy) is 1. The van der Waals surface area contributed by atoms with Crippen molar-refractivity contribution in [3.63, 3.8) is 0 Å². The van der Waals surface area contributed by atoms with Crippen LogP contribution >= 0.6 is 11.6 Å². The van der Waals surface area contributed by atoms with E-state index >= 15 is 0 Å².